The fourth-order valence-corrected chi connectivity index (χ4v) is 2.24. The molecule has 2 rings (SSSR count). The third-order valence-electron chi connectivity index (χ3n) is 3.08. The molecule has 0 N–H and O–H groups in total. The van der Waals surface area contributed by atoms with Crippen LogP contribution in [0.4, 0.5) is 14.6 Å². The Kier molecular flexibility index (Phi) is 3.47. The maximum Gasteiger partial charge on any atom is 0.249 e. The molecule has 1 aliphatic heterocycles. The van der Waals surface area contributed by atoms with Crippen LogP contribution in [0.15, 0.2) is 12.4 Å². The summed E-state index contributed by atoms with van der Waals surface area (Å²) < 4.78 is 26.6. The van der Waals surface area contributed by atoms with Crippen molar-refractivity contribution in [3.63, 3.8) is 0 Å². The standard InChI is InChI=1S/C11H14ClF2N3/c1-11(13,14)8-3-2-4-17(6-8)10-5-9(12)15-7-16-10/h5,7-8H,2-4,6H2,1H3/t8-/m0/s1. The van der Waals surface area contributed by atoms with Crippen molar-refractivity contribution in [2.75, 3.05) is 18.0 Å². The average molecular weight is 262 g/mol. The van der Waals surface area contributed by atoms with Gasteiger partial charge >= 0.3 is 0 Å². The third-order valence-corrected chi connectivity index (χ3v) is 3.29. The Morgan fingerprint density at radius 1 is 1.47 bits per heavy atom. The van der Waals surface area contributed by atoms with E-state index in [1.54, 1.807) is 6.07 Å². The number of nitrogens with zero attached hydrogens (tertiary/aromatic N) is 3. The zero-order chi connectivity index (χ0) is 12.5. The van der Waals surface area contributed by atoms with E-state index in [2.05, 4.69) is 9.97 Å². The van der Waals surface area contributed by atoms with Gasteiger partial charge in [-0.15, -0.1) is 0 Å². The van der Waals surface area contributed by atoms with Crippen LogP contribution in [-0.2, 0) is 0 Å². The molecule has 1 atom stereocenters. The van der Waals surface area contributed by atoms with Crippen molar-refractivity contribution in [1.82, 2.24) is 9.97 Å². The van der Waals surface area contributed by atoms with Gasteiger partial charge in [-0.25, -0.2) is 18.7 Å². The van der Waals surface area contributed by atoms with Gasteiger partial charge in [0.25, 0.3) is 0 Å². The van der Waals surface area contributed by atoms with Crippen molar-refractivity contribution in [1.29, 1.82) is 0 Å². The van der Waals surface area contributed by atoms with Crippen LogP contribution in [0.3, 0.4) is 0 Å². The van der Waals surface area contributed by atoms with Gasteiger partial charge < -0.3 is 4.90 Å². The van der Waals surface area contributed by atoms with E-state index in [4.69, 9.17) is 11.6 Å². The molecule has 0 unspecified atom stereocenters. The topological polar surface area (TPSA) is 29.0 Å². The van der Waals surface area contributed by atoms with E-state index in [-0.39, 0.29) is 0 Å². The van der Waals surface area contributed by atoms with Crippen LogP contribution < -0.4 is 4.90 Å². The van der Waals surface area contributed by atoms with Crippen LogP contribution in [0.1, 0.15) is 19.8 Å². The molecule has 1 aromatic heterocycles. The molecule has 0 radical (unpaired) electrons. The molecule has 3 nitrogen and oxygen atoms in total. The van der Waals surface area contributed by atoms with Crippen LogP contribution in [0, 0.1) is 5.92 Å². The monoisotopic (exact) mass is 261 g/mol. The summed E-state index contributed by atoms with van der Waals surface area (Å²) in [4.78, 5) is 9.69. The number of hydrogen-bond acceptors (Lipinski definition) is 3. The SMILES string of the molecule is CC(F)(F)[C@H]1CCCN(c2cc(Cl)ncn2)C1. The molecule has 0 aliphatic carbocycles. The molecule has 0 spiro atoms. The van der Waals surface area contributed by atoms with E-state index in [9.17, 15) is 8.78 Å². The van der Waals surface area contributed by atoms with Crippen LogP contribution in [0.25, 0.3) is 0 Å². The Balaban J connectivity index is 2.12. The lowest BCUT2D eigenvalue weighted by molar-refractivity contribution is -0.0440. The maximum atomic E-state index is 13.3. The highest BCUT2D eigenvalue weighted by atomic mass is 35.5. The largest absolute Gasteiger partial charge is 0.356 e. The second kappa shape index (κ2) is 4.72. The smallest absolute Gasteiger partial charge is 0.249 e. The van der Waals surface area contributed by atoms with Gasteiger partial charge in [0.05, 0.1) is 0 Å². The highest BCUT2D eigenvalue weighted by Crippen LogP contribution is 2.33. The minimum Gasteiger partial charge on any atom is -0.356 e. The number of halogens is 3. The first-order chi connectivity index (χ1) is 7.97. The lowest BCUT2D eigenvalue weighted by Gasteiger charge is -2.36. The summed E-state index contributed by atoms with van der Waals surface area (Å²) >= 11 is 5.76. The zero-order valence-electron chi connectivity index (χ0n) is 9.54. The quantitative estimate of drug-likeness (QED) is 0.767. The second-order valence-corrected chi connectivity index (χ2v) is 4.83. The Morgan fingerprint density at radius 2 is 2.24 bits per heavy atom. The highest BCUT2D eigenvalue weighted by Gasteiger charge is 2.37. The molecule has 1 saturated heterocycles. The summed E-state index contributed by atoms with van der Waals surface area (Å²) in [6.07, 6.45) is 2.65. The lowest BCUT2D eigenvalue weighted by atomic mass is 9.92. The fourth-order valence-electron chi connectivity index (χ4n) is 2.10. The van der Waals surface area contributed by atoms with Crippen LogP contribution in [0.5, 0.6) is 0 Å². The van der Waals surface area contributed by atoms with Gasteiger partial charge in [0.15, 0.2) is 0 Å². The summed E-state index contributed by atoms with van der Waals surface area (Å²) in [6.45, 7) is 2.03. The van der Waals surface area contributed by atoms with Crippen molar-refractivity contribution in [3.8, 4) is 0 Å². The van der Waals surface area contributed by atoms with Crippen LogP contribution in [-0.4, -0.2) is 29.0 Å². The fraction of sp³-hybridized carbons (Fsp3) is 0.636. The lowest BCUT2D eigenvalue weighted by Crippen LogP contribution is -2.42. The van der Waals surface area contributed by atoms with Gasteiger partial charge in [-0.3, -0.25) is 0 Å². The van der Waals surface area contributed by atoms with Gasteiger partial charge in [-0.2, -0.15) is 0 Å². The summed E-state index contributed by atoms with van der Waals surface area (Å²) in [6, 6.07) is 1.61. The normalized spacial score (nSPS) is 21.6. The van der Waals surface area contributed by atoms with Crippen molar-refractivity contribution in [2.24, 2.45) is 5.92 Å². The molecule has 0 aromatic carbocycles. The second-order valence-electron chi connectivity index (χ2n) is 4.44. The first-order valence-corrected chi connectivity index (χ1v) is 5.95. The number of aromatic nitrogens is 2. The van der Waals surface area contributed by atoms with Gasteiger partial charge in [0.2, 0.25) is 5.92 Å². The Bertz CT molecular complexity index is 395. The number of alkyl halides is 2. The highest BCUT2D eigenvalue weighted by molar-refractivity contribution is 6.29. The van der Waals surface area contributed by atoms with E-state index in [1.807, 2.05) is 4.90 Å². The van der Waals surface area contributed by atoms with Crippen LogP contribution in [0.2, 0.25) is 5.15 Å². The van der Waals surface area contributed by atoms with Crippen LogP contribution >= 0.6 is 11.6 Å². The van der Waals surface area contributed by atoms with Gasteiger partial charge in [0.1, 0.15) is 17.3 Å². The van der Waals surface area contributed by atoms with E-state index < -0.39 is 11.8 Å². The Morgan fingerprint density at radius 3 is 2.88 bits per heavy atom. The minimum atomic E-state index is -2.64. The number of anilines is 1. The van der Waals surface area contributed by atoms with Gasteiger partial charge in [-0.05, 0) is 19.8 Å². The van der Waals surface area contributed by atoms with Crippen molar-refractivity contribution >= 4 is 17.4 Å². The van der Waals surface area contributed by atoms with Crippen molar-refractivity contribution in [3.05, 3.63) is 17.5 Å². The van der Waals surface area contributed by atoms with E-state index in [0.29, 0.717) is 23.9 Å². The van der Waals surface area contributed by atoms with Gasteiger partial charge in [-0.1, -0.05) is 11.6 Å². The maximum absolute atomic E-state index is 13.3. The minimum absolute atomic E-state index is 0.316. The summed E-state index contributed by atoms with van der Waals surface area (Å²) in [5.74, 6) is -2.64. The first kappa shape index (κ1) is 12.5. The molecule has 17 heavy (non-hydrogen) atoms. The van der Waals surface area contributed by atoms with E-state index in [0.717, 1.165) is 19.9 Å². The number of rotatable bonds is 2. The molecule has 1 fully saturated rings. The molecule has 2 heterocycles. The Hall–Kier alpha value is -0.970. The average Bonchev–Trinajstić information content (AvgIpc) is 2.28. The van der Waals surface area contributed by atoms with E-state index in [1.165, 1.54) is 6.33 Å². The molecule has 94 valence electrons. The van der Waals surface area contributed by atoms with Gasteiger partial charge in [0, 0.05) is 25.1 Å². The molecule has 6 heteroatoms. The predicted molar refractivity (Wildman–Crippen MR) is 62.6 cm³/mol. The first-order valence-electron chi connectivity index (χ1n) is 5.57. The summed E-state index contributed by atoms with van der Waals surface area (Å²) in [5, 5.41) is 0.334. The molecule has 1 aromatic rings. The van der Waals surface area contributed by atoms with Crippen molar-refractivity contribution < 1.29 is 8.78 Å². The third kappa shape index (κ3) is 3.03. The molecule has 0 saturated carbocycles. The van der Waals surface area contributed by atoms with E-state index >= 15 is 0 Å². The molecular formula is C11H14ClF2N3. The molecule has 1 aliphatic rings. The predicted octanol–water partition coefficient (Wildman–Crippen LogP) is 3.00. The molecule has 0 bridgehead atoms. The summed E-state index contributed by atoms with van der Waals surface area (Å²) in [7, 11) is 0. The molecule has 0 amide bonds. The van der Waals surface area contributed by atoms with Crippen molar-refractivity contribution in [2.45, 2.75) is 25.7 Å². The Labute approximate surface area is 104 Å². The molecular weight excluding hydrogens is 248 g/mol. The zero-order valence-corrected chi connectivity index (χ0v) is 10.3. The summed E-state index contributed by atoms with van der Waals surface area (Å²) in [5.41, 5.74) is 0. The number of piperidine rings is 1. The number of hydrogen-bond donors (Lipinski definition) is 0.